The van der Waals surface area contributed by atoms with Crippen LogP contribution in [0.2, 0.25) is 0 Å². The lowest BCUT2D eigenvalue weighted by Gasteiger charge is -2.22. The third-order valence-corrected chi connectivity index (χ3v) is 4.45. The molecule has 0 aliphatic carbocycles. The Labute approximate surface area is 131 Å². The summed E-state index contributed by atoms with van der Waals surface area (Å²) >= 11 is 0. The van der Waals surface area contributed by atoms with Crippen LogP contribution in [-0.2, 0) is 13.6 Å². The summed E-state index contributed by atoms with van der Waals surface area (Å²) in [6.45, 7) is 10.4. The van der Waals surface area contributed by atoms with E-state index in [1.54, 1.807) is 4.57 Å². The Morgan fingerprint density at radius 1 is 1.32 bits per heavy atom. The van der Waals surface area contributed by atoms with E-state index < -0.39 is 0 Å². The monoisotopic (exact) mass is 302 g/mol. The topological polar surface area (TPSA) is 43.1 Å². The highest BCUT2D eigenvalue weighted by molar-refractivity contribution is 5.74. The molecule has 0 aromatic carbocycles. The molecule has 0 N–H and O–H groups in total. The fraction of sp³-hybridized carbons (Fsp3) is 0.647. The van der Waals surface area contributed by atoms with Gasteiger partial charge in [0.2, 0.25) is 0 Å². The van der Waals surface area contributed by atoms with E-state index in [-0.39, 0.29) is 11.1 Å². The van der Waals surface area contributed by atoms with Crippen LogP contribution < -0.4 is 10.6 Å². The third-order valence-electron chi connectivity index (χ3n) is 4.45. The smallest absolute Gasteiger partial charge is 0.330 e. The van der Waals surface area contributed by atoms with Gasteiger partial charge in [-0.05, 0) is 37.3 Å². The van der Waals surface area contributed by atoms with E-state index in [0.29, 0.717) is 12.6 Å². The number of anilines is 1. The fourth-order valence-corrected chi connectivity index (χ4v) is 3.32. The Morgan fingerprint density at radius 2 is 2.05 bits per heavy atom. The molecular weight excluding hydrogens is 276 g/mol. The molecule has 1 aliphatic rings. The van der Waals surface area contributed by atoms with Crippen LogP contribution in [0, 0.1) is 5.41 Å². The van der Waals surface area contributed by atoms with Crippen LogP contribution in [0.3, 0.4) is 0 Å². The number of rotatable bonds is 2. The van der Waals surface area contributed by atoms with E-state index in [1.807, 2.05) is 11.6 Å². The van der Waals surface area contributed by atoms with Crippen molar-refractivity contribution in [2.24, 2.45) is 12.5 Å². The van der Waals surface area contributed by atoms with Gasteiger partial charge in [-0.15, -0.1) is 0 Å². The predicted molar refractivity (Wildman–Crippen MR) is 90.5 cm³/mol. The lowest BCUT2D eigenvalue weighted by Crippen LogP contribution is -2.27. The molecule has 1 atom stereocenters. The highest BCUT2D eigenvalue weighted by Gasteiger charge is 2.23. The maximum absolute atomic E-state index is 12.5. The largest absolute Gasteiger partial charge is 0.354 e. The maximum atomic E-state index is 12.5. The first kappa shape index (κ1) is 15.1. The number of aryl methyl sites for hydroxylation is 1. The quantitative estimate of drug-likeness (QED) is 0.857. The summed E-state index contributed by atoms with van der Waals surface area (Å²) in [7, 11) is 1.81. The number of pyridine rings is 1. The Morgan fingerprint density at radius 3 is 2.64 bits per heavy atom. The van der Waals surface area contributed by atoms with Gasteiger partial charge in [0.05, 0.1) is 5.52 Å². The van der Waals surface area contributed by atoms with E-state index >= 15 is 0 Å². The van der Waals surface area contributed by atoms with Crippen LogP contribution in [0.4, 0.5) is 5.82 Å². The van der Waals surface area contributed by atoms with Gasteiger partial charge in [-0.3, -0.25) is 9.13 Å². The van der Waals surface area contributed by atoms with Gasteiger partial charge in [0.1, 0.15) is 5.82 Å². The molecule has 22 heavy (non-hydrogen) atoms. The summed E-state index contributed by atoms with van der Waals surface area (Å²) in [6, 6.07) is 4.64. The van der Waals surface area contributed by atoms with Crippen LogP contribution >= 0.6 is 0 Å². The van der Waals surface area contributed by atoms with Crippen LogP contribution in [0.25, 0.3) is 11.2 Å². The van der Waals surface area contributed by atoms with Crippen molar-refractivity contribution in [3.05, 3.63) is 22.6 Å². The minimum Gasteiger partial charge on any atom is -0.354 e. The van der Waals surface area contributed by atoms with Crippen molar-refractivity contribution < 1.29 is 0 Å². The summed E-state index contributed by atoms with van der Waals surface area (Å²) in [6.07, 6.45) is 2.43. The molecule has 120 valence electrons. The molecule has 0 radical (unpaired) electrons. The zero-order valence-corrected chi connectivity index (χ0v) is 14.3. The average molecular weight is 302 g/mol. The van der Waals surface area contributed by atoms with Gasteiger partial charge in [0.25, 0.3) is 0 Å². The summed E-state index contributed by atoms with van der Waals surface area (Å²) in [5.41, 5.74) is 1.79. The number of nitrogens with zero attached hydrogens (tertiary/aromatic N) is 4. The van der Waals surface area contributed by atoms with Crippen molar-refractivity contribution in [3.63, 3.8) is 0 Å². The van der Waals surface area contributed by atoms with E-state index in [0.717, 1.165) is 23.5 Å². The van der Waals surface area contributed by atoms with Crippen molar-refractivity contribution in [2.75, 3.05) is 11.4 Å². The first-order valence-electron chi connectivity index (χ1n) is 8.11. The zero-order valence-electron chi connectivity index (χ0n) is 14.3. The minimum absolute atomic E-state index is 0.0176. The normalized spacial score (nSPS) is 19.3. The first-order chi connectivity index (χ1) is 10.3. The highest BCUT2D eigenvalue weighted by Crippen LogP contribution is 2.26. The van der Waals surface area contributed by atoms with Crippen molar-refractivity contribution in [2.45, 2.75) is 53.1 Å². The van der Waals surface area contributed by atoms with E-state index in [4.69, 9.17) is 4.98 Å². The molecule has 5 heteroatoms. The van der Waals surface area contributed by atoms with Crippen molar-refractivity contribution in [3.8, 4) is 0 Å². The lowest BCUT2D eigenvalue weighted by atomic mass is 9.97. The first-order valence-corrected chi connectivity index (χ1v) is 8.11. The molecule has 0 amide bonds. The van der Waals surface area contributed by atoms with Crippen LogP contribution in [-0.4, -0.2) is 26.7 Å². The second-order valence-corrected chi connectivity index (χ2v) is 7.69. The van der Waals surface area contributed by atoms with E-state index in [1.165, 1.54) is 12.8 Å². The SMILES string of the molecule is CC1CCCN1c1ccc2c(n1)n(C)c(=O)n2CC(C)(C)C. The van der Waals surface area contributed by atoms with Crippen molar-refractivity contribution in [1.29, 1.82) is 0 Å². The van der Waals surface area contributed by atoms with Gasteiger partial charge in [0.15, 0.2) is 5.65 Å². The summed E-state index contributed by atoms with van der Waals surface area (Å²) in [5.74, 6) is 0.987. The van der Waals surface area contributed by atoms with E-state index in [9.17, 15) is 4.79 Å². The van der Waals surface area contributed by atoms with Gasteiger partial charge in [-0.25, -0.2) is 9.78 Å². The second kappa shape index (κ2) is 5.14. The molecule has 3 heterocycles. The molecule has 1 unspecified atom stereocenters. The molecule has 0 spiro atoms. The molecule has 1 aliphatic heterocycles. The van der Waals surface area contributed by atoms with Gasteiger partial charge >= 0.3 is 5.69 Å². The van der Waals surface area contributed by atoms with Crippen LogP contribution in [0.5, 0.6) is 0 Å². The number of fused-ring (bicyclic) bond motifs is 1. The molecule has 0 saturated carbocycles. The van der Waals surface area contributed by atoms with Gasteiger partial charge < -0.3 is 4.90 Å². The minimum atomic E-state index is 0.0176. The summed E-state index contributed by atoms with van der Waals surface area (Å²) in [5, 5.41) is 0. The Balaban J connectivity index is 2.10. The van der Waals surface area contributed by atoms with Crippen LogP contribution in [0.1, 0.15) is 40.5 Å². The average Bonchev–Trinajstić information content (AvgIpc) is 2.95. The van der Waals surface area contributed by atoms with E-state index in [2.05, 4.69) is 44.7 Å². The number of aromatic nitrogens is 3. The van der Waals surface area contributed by atoms with Gasteiger partial charge in [-0.1, -0.05) is 20.8 Å². The molecule has 2 aromatic heterocycles. The Kier molecular flexibility index (Phi) is 3.54. The molecule has 3 rings (SSSR count). The highest BCUT2D eigenvalue weighted by atomic mass is 16.1. The lowest BCUT2D eigenvalue weighted by molar-refractivity contribution is 0.342. The van der Waals surface area contributed by atoms with Gasteiger partial charge in [-0.2, -0.15) is 0 Å². The van der Waals surface area contributed by atoms with Gasteiger partial charge in [0, 0.05) is 26.2 Å². The van der Waals surface area contributed by atoms with Crippen molar-refractivity contribution >= 4 is 17.0 Å². The number of hydrogen-bond acceptors (Lipinski definition) is 3. The molecule has 1 fully saturated rings. The summed E-state index contributed by atoms with van der Waals surface area (Å²) < 4.78 is 3.52. The molecule has 5 nitrogen and oxygen atoms in total. The molecule has 1 saturated heterocycles. The zero-order chi connectivity index (χ0) is 16.1. The number of imidazole rings is 1. The van der Waals surface area contributed by atoms with Crippen molar-refractivity contribution in [1.82, 2.24) is 14.1 Å². The molecular formula is C17H26N4O. The third kappa shape index (κ3) is 2.53. The maximum Gasteiger partial charge on any atom is 0.330 e. The standard InChI is InChI=1S/C17H26N4O/c1-12-7-6-10-20(12)14-9-8-13-15(18-14)19(5)16(22)21(13)11-17(2,3)4/h8-9,12H,6-7,10-11H2,1-5H3. The van der Waals surface area contributed by atoms with Crippen LogP contribution in [0.15, 0.2) is 16.9 Å². The molecule has 2 aromatic rings. The number of hydrogen-bond donors (Lipinski definition) is 0. The Bertz CT molecular complexity index is 750. The second-order valence-electron chi connectivity index (χ2n) is 7.69. The predicted octanol–water partition coefficient (Wildman–Crippen LogP) is 2.77. The Hall–Kier alpha value is -1.78. The molecule has 0 bridgehead atoms. The summed E-state index contributed by atoms with van der Waals surface area (Å²) in [4.78, 5) is 19.7. The fourth-order valence-electron chi connectivity index (χ4n) is 3.32.